The second-order valence-electron chi connectivity index (χ2n) is 5.37. The standard InChI is InChI=1S/C15H19N3O2S2/c1-2-12-3-5-14(6-4-12)22(19,20)17-13-7-9-18(11-13)15-16-8-10-21-15/h3-6,8,10,13,17H,2,7,9,11H2,1H3. The minimum Gasteiger partial charge on any atom is -0.346 e. The van der Waals surface area contributed by atoms with Crippen LogP contribution in [-0.4, -0.2) is 32.5 Å². The molecule has 1 unspecified atom stereocenters. The van der Waals surface area contributed by atoms with E-state index in [4.69, 9.17) is 0 Å². The van der Waals surface area contributed by atoms with Crippen LogP contribution in [0.3, 0.4) is 0 Å². The third-order valence-corrected chi connectivity index (χ3v) is 6.21. The van der Waals surface area contributed by atoms with Crippen molar-refractivity contribution in [3.05, 3.63) is 41.4 Å². The molecule has 1 aliphatic heterocycles. The lowest BCUT2D eigenvalue weighted by Gasteiger charge is -2.16. The van der Waals surface area contributed by atoms with Gasteiger partial charge in [-0.25, -0.2) is 18.1 Å². The van der Waals surface area contributed by atoms with E-state index in [2.05, 4.69) is 14.6 Å². The van der Waals surface area contributed by atoms with Crippen molar-refractivity contribution in [1.82, 2.24) is 9.71 Å². The SMILES string of the molecule is CCc1ccc(S(=O)(=O)NC2CCN(c3nccs3)C2)cc1. The quantitative estimate of drug-likeness (QED) is 0.909. The number of rotatable bonds is 5. The van der Waals surface area contributed by atoms with Gasteiger partial charge in [-0.3, -0.25) is 0 Å². The first-order valence-electron chi connectivity index (χ1n) is 7.34. The summed E-state index contributed by atoms with van der Waals surface area (Å²) < 4.78 is 27.7. The molecule has 22 heavy (non-hydrogen) atoms. The molecule has 0 aliphatic carbocycles. The van der Waals surface area contributed by atoms with Crippen molar-refractivity contribution in [2.24, 2.45) is 0 Å². The molecule has 1 fully saturated rings. The lowest BCUT2D eigenvalue weighted by molar-refractivity contribution is 0.561. The van der Waals surface area contributed by atoms with Crippen LogP contribution in [0, 0.1) is 0 Å². The summed E-state index contributed by atoms with van der Waals surface area (Å²) in [4.78, 5) is 6.73. The summed E-state index contributed by atoms with van der Waals surface area (Å²) in [6.07, 6.45) is 3.47. The van der Waals surface area contributed by atoms with Gasteiger partial charge in [0.05, 0.1) is 4.90 Å². The van der Waals surface area contributed by atoms with Crippen LogP contribution in [0.15, 0.2) is 40.7 Å². The molecule has 0 radical (unpaired) electrons. The Kier molecular flexibility index (Phi) is 4.46. The van der Waals surface area contributed by atoms with Crippen molar-refractivity contribution in [1.29, 1.82) is 0 Å². The summed E-state index contributed by atoms with van der Waals surface area (Å²) in [6.45, 7) is 3.54. The highest BCUT2D eigenvalue weighted by molar-refractivity contribution is 7.89. The van der Waals surface area contributed by atoms with Crippen LogP contribution >= 0.6 is 11.3 Å². The lowest BCUT2D eigenvalue weighted by Crippen LogP contribution is -2.37. The summed E-state index contributed by atoms with van der Waals surface area (Å²) in [5, 5.41) is 2.89. The molecule has 7 heteroatoms. The van der Waals surface area contributed by atoms with Crippen molar-refractivity contribution in [2.75, 3.05) is 18.0 Å². The van der Waals surface area contributed by atoms with E-state index in [1.165, 1.54) is 0 Å². The number of hydrogen-bond donors (Lipinski definition) is 1. The molecule has 0 amide bonds. The van der Waals surface area contributed by atoms with Gasteiger partial charge in [-0.2, -0.15) is 0 Å². The Hall–Kier alpha value is -1.44. The molecule has 0 saturated carbocycles. The van der Waals surface area contributed by atoms with Crippen LogP contribution in [0.4, 0.5) is 5.13 Å². The smallest absolute Gasteiger partial charge is 0.240 e. The number of aryl methyl sites for hydroxylation is 1. The minimum absolute atomic E-state index is 0.0697. The molecule has 1 atom stereocenters. The molecular formula is C15H19N3O2S2. The van der Waals surface area contributed by atoms with E-state index >= 15 is 0 Å². The zero-order valence-corrected chi connectivity index (χ0v) is 14.0. The number of thiazole rings is 1. The molecule has 5 nitrogen and oxygen atoms in total. The van der Waals surface area contributed by atoms with E-state index < -0.39 is 10.0 Å². The van der Waals surface area contributed by atoms with Crippen molar-refractivity contribution in [3.63, 3.8) is 0 Å². The minimum atomic E-state index is -3.45. The van der Waals surface area contributed by atoms with Crippen molar-refractivity contribution >= 4 is 26.5 Å². The van der Waals surface area contributed by atoms with E-state index in [-0.39, 0.29) is 6.04 Å². The predicted molar refractivity (Wildman–Crippen MR) is 88.9 cm³/mol. The van der Waals surface area contributed by atoms with E-state index in [0.29, 0.717) is 11.4 Å². The average Bonchev–Trinajstić information content (AvgIpc) is 3.18. The van der Waals surface area contributed by atoms with Gasteiger partial charge in [0, 0.05) is 30.7 Å². The number of nitrogens with one attached hydrogen (secondary N) is 1. The molecule has 1 aromatic carbocycles. The highest BCUT2D eigenvalue weighted by Gasteiger charge is 2.28. The predicted octanol–water partition coefficient (Wildman–Crippen LogP) is 2.26. The van der Waals surface area contributed by atoms with Crippen molar-refractivity contribution in [3.8, 4) is 0 Å². The Morgan fingerprint density at radius 2 is 2.14 bits per heavy atom. The van der Waals surface area contributed by atoms with Gasteiger partial charge in [-0.05, 0) is 30.5 Å². The Morgan fingerprint density at radius 3 is 2.77 bits per heavy atom. The van der Waals surface area contributed by atoms with Gasteiger partial charge in [-0.1, -0.05) is 19.1 Å². The number of benzene rings is 1. The molecular weight excluding hydrogens is 318 g/mol. The Labute approximate surface area is 135 Å². The molecule has 1 N–H and O–H groups in total. The average molecular weight is 337 g/mol. The van der Waals surface area contributed by atoms with Crippen LogP contribution in [-0.2, 0) is 16.4 Å². The topological polar surface area (TPSA) is 62.3 Å². The fraction of sp³-hybridized carbons (Fsp3) is 0.400. The van der Waals surface area contributed by atoms with Crippen molar-refractivity contribution < 1.29 is 8.42 Å². The number of aromatic nitrogens is 1. The van der Waals surface area contributed by atoms with Gasteiger partial charge in [0.25, 0.3) is 0 Å². The molecule has 2 aromatic rings. The summed E-state index contributed by atoms with van der Waals surface area (Å²) in [5.74, 6) is 0. The second-order valence-corrected chi connectivity index (χ2v) is 7.95. The first-order valence-corrected chi connectivity index (χ1v) is 9.70. The maximum absolute atomic E-state index is 12.4. The van der Waals surface area contributed by atoms with Crippen molar-refractivity contribution in [2.45, 2.75) is 30.7 Å². The Bertz CT molecular complexity index is 712. The number of sulfonamides is 1. The van der Waals surface area contributed by atoms with Gasteiger partial charge in [0.15, 0.2) is 5.13 Å². The van der Waals surface area contributed by atoms with E-state index in [0.717, 1.165) is 30.1 Å². The zero-order chi connectivity index (χ0) is 15.6. The zero-order valence-electron chi connectivity index (χ0n) is 12.4. The fourth-order valence-electron chi connectivity index (χ4n) is 2.59. The molecule has 1 saturated heterocycles. The van der Waals surface area contributed by atoms with E-state index in [9.17, 15) is 8.42 Å². The molecule has 1 aromatic heterocycles. The largest absolute Gasteiger partial charge is 0.346 e. The van der Waals surface area contributed by atoms with Crippen LogP contribution < -0.4 is 9.62 Å². The third-order valence-electron chi connectivity index (χ3n) is 3.84. The van der Waals surface area contributed by atoms with Gasteiger partial charge < -0.3 is 4.90 Å². The summed E-state index contributed by atoms with van der Waals surface area (Å²) in [6, 6.07) is 7.01. The fourth-order valence-corrected chi connectivity index (χ4v) is 4.54. The third kappa shape index (κ3) is 3.31. The van der Waals surface area contributed by atoms with Crippen LogP contribution in [0.2, 0.25) is 0 Å². The molecule has 3 rings (SSSR count). The van der Waals surface area contributed by atoms with Crippen LogP contribution in [0.5, 0.6) is 0 Å². The number of nitrogens with zero attached hydrogens (tertiary/aromatic N) is 2. The maximum atomic E-state index is 12.4. The van der Waals surface area contributed by atoms with E-state index in [1.54, 1.807) is 29.7 Å². The highest BCUT2D eigenvalue weighted by Crippen LogP contribution is 2.23. The number of anilines is 1. The van der Waals surface area contributed by atoms with Crippen LogP contribution in [0.1, 0.15) is 18.9 Å². The molecule has 118 valence electrons. The highest BCUT2D eigenvalue weighted by atomic mass is 32.2. The first-order chi connectivity index (χ1) is 10.6. The molecule has 2 heterocycles. The normalized spacial score (nSPS) is 18.8. The van der Waals surface area contributed by atoms with Crippen LogP contribution in [0.25, 0.3) is 0 Å². The van der Waals surface area contributed by atoms with Gasteiger partial charge >= 0.3 is 0 Å². The Balaban J connectivity index is 1.67. The lowest BCUT2D eigenvalue weighted by atomic mass is 10.2. The van der Waals surface area contributed by atoms with Gasteiger partial charge in [0.1, 0.15) is 0 Å². The van der Waals surface area contributed by atoms with Gasteiger partial charge in [0.2, 0.25) is 10.0 Å². The molecule has 0 bridgehead atoms. The summed E-state index contributed by atoms with van der Waals surface area (Å²) >= 11 is 1.58. The summed E-state index contributed by atoms with van der Waals surface area (Å²) in [5.41, 5.74) is 1.13. The maximum Gasteiger partial charge on any atom is 0.240 e. The number of hydrogen-bond acceptors (Lipinski definition) is 5. The molecule has 0 spiro atoms. The van der Waals surface area contributed by atoms with E-state index in [1.807, 2.05) is 24.4 Å². The second kappa shape index (κ2) is 6.36. The summed E-state index contributed by atoms with van der Waals surface area (Å²) in [7, 11) is -3.45. The monoisotopic (exact) mass is 337 g/mol. The molecule has 1 aliphatic rings. The van der Waals surface area contributed by atoms with Gasteiger partial charge in [-0.15, -0.1) is 11.3 Å². The Morgan fingerprint density at radius 1 is 1.36 bits per heavy atom. The first kappa shape index (κ1) is 15.5.